The van der Waals surface area contributed by atoms with Gasteiger partial charge in [0, 0.05) is 36.7 Å². The van der Waals surface area contributed by atoms with Gasteiger partial charge in [0.2, 0.25) is 15.9 Å². The largest absolute Gasteiger partial charge is 0.486 e. The minimum absolute atomic E-state index is 0.116. The molecule has 4 rings (SSSR count). The van der Waals surface area contributed by atoms with Crippen molar-refractivity contribution in [2.24, 2.45) is 5.92 Å². The lowest BCUT2D eigenvalue weighted by Gasteiger charge is -2.31. The number of benzene rings is 2. The normalized spacial score (nSPS) is 18.2. The molecule has 1 amide bonds. The van der Waals surface area contributed by atoms with Gasteiger partial charge in [0.25, 0.3) is 0 Å². The zero-order chi connectivity index (χ0) is 22.9. The maximum Gasteiger partial charge on any atom is 0.243 e. The lowest BCUT2D eigenvalue weighted by Crippen LogP contribution is -2.43. The maximum absolute atomic E-state index is 14.0. The fraction of sp³-hybridized carbons (Fsp3) is 0.409. The molecule has 32 heavy (non-hydrogen) atoms. The SMILES string of the molecule is C[C@@H](NC(=O)C1CCN(S(=O)(=O)c2ccc3c(c2)OCCO3)CC1)c1ccc(F)cc1F. The van der Waals surface area contributed by atoms with E-state index in [4.69, 9.17) is 9.47 Å². The van der Waals surface area contributed by atoms with E-state index in [-0.39, 0.29) is 29.5 Å². The van der Waals surface area contributed by atoms with Gasteiger partial charge in [-0.05, 0) is 38.0 Å². The van der Waals surface area contributed by atoms with Crippen LogP contribution in [0.1, 0.15) is 31.4 Å². The molecule has 2 aliphatic heterocycles. The van der Waals surface area contributed by atoms with E-state index in [2.05, 4.69) is 5.32 Å². The van der Waals surface area contributed by atoms with Crippen LogP contribution in [-0.4, -0.2) is 44.9 Å². The summed E-state index contributed by atoms with van der Waals surface area (Å²) in [5, 5.41) is 2.75. The van der Waals surface area contributed by atoms with Gasteiger partial charge in [0.15, 0.2) is 11.5 Å². The van der Waals surface area contributed by atoms with E-state index in [9.17, 15) is 22.0 Å². The molecule has 0 aromatic heterocycles. The summed E-state index contributed by atoms with van der Waals surface area (Å²) in [5.74, 6) is -1.18. The summed E-state index contributed by atoms with van der Waals surface area (Å²) in [5.41, 5.74) is 0.193. The Morgan fingerprint density at radius 2 is 1.75 bits per heavy atom. The topological polar surface area (TPSA) is 84.9 Å². The number of hydrogen-bond acceptors (Lipinski definition) is 5. The Labute approximate surface area is 185 Å². The first kappa shape index (κ1) is 22.5. The van der Waals surface area contributed by atoms with Crippen molar-refractivity contribution in [2.75, 3.05) is 26.3 Å². The molecule has 7 nitrogen and oxygen atoms in total. The number of carbonyl (C=O) groups excluding carboxylic acids is 1. The van der Waals surface area contributed by atoms with Gasteiger partial charge in [-0.2, -0.15) is 4.31 Å². The highest BCUT2D eigenvalue weighted by atomic mass is 32.2. The molecule has 0 unspecified atom stereocenters. The van der Waals surface area contributed by atoms with E-state index < -0.39 is 33.6 Å². The summed E-state index contributed by atoms with van der Waals surface area (Å²) in [6.07, 6.45) is 0.683. The summed E-state index contributed by atoms with van der Waals surface area (Å²) in [6, 6.07) is 7.11. The van der Waals surface area contributed by atoms with Gasteiger partial charge in [0.05, 0.1) is 10.9 Å². The van der Waals surface area contributed by atoms with Crippen molar-refractivity contribution in [3.63, 3.8) is 0 Å². The van der Waals surface area contributed by atoms with Crippen LogP contribution in [0, 0.1) is 17.6 Å². The molecule has 1 saturated heterocycles. The molecule has 172 valence electrons. The molecule has 0 radical (unpaired) electrons. The number of rotatable bonds is 5. The molecule has 2 aromatic carbocycles. The van der Waals surface area contributed by atoms with Gasteiger partial charge in [-0.3, -0.25) is 4.79 Å². The van der Waals surface area contributed by atoms with Crippen LogP contribution in [0.15, 0.2) is 41.3 Å². The molecule has 0 aliphatic carbocycles. The Kier molecular flexibility index (Phi) is 6.34. The second-order valence-corrected chi connectivity index (χ2v) is 9.82. The summed E-state index contributed by atoms with van der Waals surface area (Å²) in [7, 11) is -3.74. The maximum atomic E-state index is 14.0. The Bertz CT molecular complexity index is 1120. The average Bonchev–Trinajstić information content (AvgIpc) is 2.78. The monoisotopic (exact) mass is 466 g/mol. The van der Waals surface area contributed by atoms with E-state index in [0.29, 0.717) is 37.6 Å². The summed E-state index contributed by atoms with van der Waals surface area (Å²) >= 11 is 0. The predicted octanol–water partition coefficient (Wildman–Crippen LogP) is 3.01. The highest BCUT2D eigenvalue weighted by Crippen LogP contribution is 2.34. The molecule has 0 bridgehead atoms. The molecule has 2 aliphatic rings. The van der Waals surface area contributed by atoms with Gasteiger partial charge >= 0.3 is 0 Å². The molecule has 1 atom stereocenters. The van der Waals surface area contributed by atoms with Crippen molar-refractivity contribution in [1.82, 2.24) is 9.62 Å². The van der Waals surface area contributed by atoms with Gasteiger partial charge < -0.3 is 14.8 Å². The van der Waals surface area contributed by atoms with Gasteiger partial charge in [-0.25, -0.2) is 17.2 Å². The van der Waals surface area contributed by atoms with Crippen LogP contribution < -0.4 is 14.8 Å². The fourth-order valence-electron chi connectivity index (χ4n) is 3.95. The number of nitrogens with zero attached hydrogens (tertiary/aromatic N) is 1. The molecule has 2 aromatic rings. The van der Waals surface area contributed by atoms with Crippen LogP contribution >= 0.6 is 0 Å². The number of halogens is 2. The van der Waals surface area contributed by atoms with Crippen molar-refractivity contribution < 1.29 is 31.5 Å². The molecule has 0 saturated carbocycles. The van der Waals surface area contributed by atoms with Crippen molar-refractivity contribution in [2.45, 2.75) is 30.7 Å². The third kappa shape index (κ3) is 4.56. The zero-order valence-corrected chi connectivity index (χ0v) is 18.3. The van der Waals surface area contributed by atoms with Crippen molar-refractivity contribution in [1.29, 1.82) is 0 Å². The average molecular weight is 467 g/mol. The van der Waals surface area contributed by atoms with Crippen LogP contribution in [0.25, 0.3) is 0 Å². The second kappa shape index (κ2) is 9.03. The van der Waals surface area contributed by atoms with E-state index in [1.807, 2.05) is 0 Å². The summed E-state index contributed by atoms with van der Waals surface area (Å²) < 4.78 is 65.4. The van der Waals surface area contributed by atoms with E-state index >= 15 is 0 Å². The van der Waals surface area contributed by atoms with Crippen molar-refractivity contribution >= 4 is 15.9 Å². The standard InChI is InChI=1S/C22H24F2N2O5S/c1-14(18-4-2-16(23)12-19(18)24)25-22(27)15-6-8-26(9-7-15)32(28,29)17-3-5-20-21(13-17)31-11-10-30-20/h2-5,12-15H,6-11H2,1H3,(H,25,27)/t14-/m1/s1. The fourth-order valence-corrected chi connectivity index (χ4v) is 5.44. The molecular weight excluding hydrogens is 442 g/mol. The molecule has 2 heterocycles. The minimum atomic E-state index is -3.74. The molecule has 10 heteroatoms. The zero-order valence-electron chi connectivity index (χ0n) is 17.5. The van der Waals surface area contributed by atoms with E-state index in [1.165, 1.54) is 22.5 Å². The number of fused-ring (bicyclic) bond motifs is 1. The Hall–Kier alpha value is -2.72. The van der Waals surface area contributed by atoms with Gasteiger partial charge in [0.1, 0.15) is 24.8 Å². The number of carbonyl (C=O) groups is 1. The number of ether oxygens (including phenoxy) is 2. The molecular formula is C22H24F2N2O5S. The third-order valence-electron chi connectivity index (χ3n) is 5.76. The van der Waals surface area contributed by atoms with Gasteiger partial charge in [-0.1, -0.05) is 6.07 Å². The highest BCUT2D eigenvalue weighted by molar-refractivity contribution is 7.89. The molecule has 1 fully saturated rings. The summed E-state index contributed by atoms with van der Waals surface area (Å²) in [6.45, 7) is 2.77. The molecule has 0 spiro atoms. The Balaban J connectivity index is 1.37. The first-order valence-corrected chi connectivity index (χ1v) is 11.8. The summed E-state index contributed by atoms with van der Waals surface area (Å²) in [4.78, 5) is 12.8. The number of sulfonamides is 1. The number of nitrogens with one attached hydrogen (secondary N) is 1. The predicted molar refractivity (Wildman–Crippen MR) is 112 cm³/mol. The van der Waals surface area contributed by atoms with E-state index in [0.717, 1.165) is 12.1 Å². The van der Waals surface area contributed by atoms with Crippen LogP contribution in [0.4, 0.5) is 8.78 Å². The molecule has 1 N–H and O–H groups in total. The first-order valence-electron chi connectivity index (χ1n) is 10.4. The van der Waals surface area contributed by atoms with Crippen LogP contribution in [0.5, 0.6) is 11.5 Å². The number of piperidine rings is 1. The van der Waals surface area contributed by atoms with Crippen LogP contribution in [0.2, 0.25) is 0 Å². The Morgan fingerprint density at radius 1 is 1.06 bits per heavy atom. The minimum Gasteiger partial charge on any atom is -0.486 e. The van der Waals surface area contributed by atoms with Crippen LogP contribution in [-0.2, 0) is 14.8 Å². The second-order valence-electron chi connectivity index (χ2n) is 7.88. The van der Waals surface area contributed by atoms with Crippen molar-refractivity contribution in [3.8, 4) is 11.5 Å². The highest BCUT2D eigenvalue weighted by Gasteiger charge is 2.33. The number of amides is 1. The Morgan fingerprint density at radius 3 is 2.44 bits per heavy atom. The first-order chi connectivity index (χ1) is 15.3. The van der Waals surface area contributed by atoms with Crippen molar-refractivity contribution in [3.05, 3.63) is 53.6 Å². The lowest BCUT2D eigenvalue weighted by atomic mass is 9.96. The number of hydrogen-bond donors (Lipinski definition) is 1. The van der Waals surface area contributed by atoms with Crippen LogP contribution in [0.3, 0.4) is 0 Å². The van der Waals surface area contributed by atoms with Gasteiger partial charge in [-0.15, -0.1) is 0 Å². The quantitative estimate of drug-likeness (QED) is 0.732. The smallest absolute Gasteiger partial charge is 0.243 e. The lowest BCUT2D eigenvalue weighted by molar-refractivity contribution is -0.126. The third-order valence-corrected chi connectivity index (χ3v) is 7.66. The van der Waals surface area contributed by atoms with E-state index in [1.54, 1.807) is 13.0 Å².